The van der Waals surface area contributed by atoms with Gasteiger partial charge in [0.25, 0.3) is 0 Å². The molecule has 1 aromatic carbocycles. The van der Waals surface area contributed by atoms with Gasteiger partial charge in [-0.15, -0.1) is 0 Å². The number of aromatic nitrogens is 1. The van der Waals surface area contributed by atoms with Gasteiger partial charge in [0.05, 0.1) is 17.3 Å². The second kappa shape index (κ2) is 5.50. The van der Waals surface area contributed by atoms with Crippen LogP contribution in [0.2, 0.25) is 0 Å². The second-order valence-electron chi connectivity index (χ2n) is 5.55. The van der Waals surface area contributed by atoms with E-state index in [1.807, 2.05) is 6.92 Å². The van der Waals surface area contributed by atoms with Gasteiger partial charge in [0.2, 0.25) is 0 Å². The molecule has 0 fully saturated rings. The Hall–Kier alpha value is -2.08. The zero-order valence-electron chi connectivity index (χ0n) is 12.9. The summed E-state index contributed by atoms with van der Waals surface area (Å²) in [6.45, 7) is 6.26. The summed E-state index contributed by atoms with van der Waals surface area (Å²) < 4.78 is 0. The maximum atomic E-state index is 8.87. The Morgan fingerprint density at radius 2 is 1.90 bits per heavy atom. The minimum absolute atomic E-state index is 0.527. The highest BCUT2D eigenvalue weighted by molar-refractivity contribution is 5.96. The highest BCUT2D eigenvalue weighted by Crippen LogP contribution is 2.33. The third kappa shape index (κ3) is 2.46. The summed E-state index contributed by atoms with van der Waals surface area (Å²) in [4.78, 5) is 6.92. The standard InChI is InChI=1S/C17H21N3/c1-11-9-12(2)16-15(10-11)17(20(4)5)14(7-6-8-18)13(3)19-16/h9-10H,6-7H2,1-5H3. The molecule has 1 heterocycles. The SMILES string of the molecule is Cc1cc(C)c2nc(C)c(CCC#N)c(N(C)C)c2c1. The van der Waals surface area contributed by atoms with Crippen LogP contribution in [0.5, 0.6) is 0 Å². The van der Waals surface area contributed by atoms with Crippen molar-refractivity contribution >= 4 is 16.6 Å². The number of benzene rings is 1. The van der Waals surface area contributed by atoms with Gasteiger partial charge in [0.1, 0.15) is 0 Å². The van der Waals surface area contributed by atoms with Crippen LogP contribution in [0.4, 0.5) is 5.69 Å². The lowest BCUT2D eigenvalue weighted by Crippen LogP contribution is -2.14. The fourth-order valence-corrected chi connectivity index (χ4v) is 2.85. The number of anilines is 1. The fraction of sp³-hybridized carbons (Fsp3) is 0.412. The van der Waals surface area contributed by atoms with E-state index in [9.17, 15) is 0 Å². The maximum absolute atomic E-state index is 8.87. The van der Waals surface area contributed by atoms with Crippen molar-refractivity contribution in [2.24, 2.45) is 0 Å². The van der Waals surface area contributed by atoms with Crippen molar-refractivity contribution in [3.05, 3.63) is 34.5 Å². The van der Waals surface area contributed by atoms with E-state index >= 15 is 0 Å². The second-order valence-corrected chi connectivity index (χ2v) is 5.55. The van der Waals surface area contributed by atoms with E-state index in [-0.39, 0.29) is 0 Å². The van der Waals surface area contributed by atoms with Gasteiger partial charge in [-0.05, 0) is 44.4 Å². The minimum atomic E-state index is 0.527. The molecule has 1 aromatic heterocycles. The molecule has 0 N–H and O–H groups in total. The van der Waals surface area contributed by atoms with E-state index in [2.05, 4.69) is 51.0 Å². The lowest BCUT2D eigenvalue weighted by atomic mass is 9.98. The maximum Gasteiger partial charge on any atom is 0.0755 e. The van der Waals surface area contributed by atoms with Crippen molar-refractivity contribution in [1.82, 2.24) is 4.98 Å². The van der Waals surface area contributed by atoms with Crippen LogP contribution in [0.25, 0.3) is 10.9 Å². The monoisotopic (exact) mass is 267 g/mol. The van der Waals surface area contributed by atoms with Crippen LogP contribution in [0.15, 0.2) is 12.1 Å². The molecule has 0 amide bonds. The van der Waals surface area contributed by atoms with Gasteiger partial charge in [0.15, 0.2) is 0 Å². The number of rotatable bonds is 3. The van der Waals surface area contributed by atoms with Gasteiger partial charge < -0.3 is 4.90 Å². The molecular weight excluding hydrogens is 246 g/mol. The molecule has 0 atom stereocenters. The molecule has 104 valence electrons. The first-order valence-corrected chi connectivity index (χ1v) is 6.90. The molecule has 2 aromatic rings. The van der Waals surface area contributed by atoms with Crippen molar-refractivity contribution in [1.29, 1.82) is 5.26 Å². The third-order valence-electron chi connectivity index (χ3n) is 3.64. The number of hydrogen-bond acceptors (Lipinski definition) is 3. The summed E-state index contributed by atoms with van der Waals surface area (Å²) in [5.74, 6) is 0. The lowest BCUT2D eigenvalue weighted by molar-refractivity contribution is 0.959. The molecule has 0 saturated carbocycles. The average molecular weight is 267 g/mol. The predicted octanol–water partition coefficient (Wildman–Crippen LogP) is 3.68. The summed E-state index contributed by atoms with van der Waals surface area (Å²) in [5, 5.41) is 10.1. The first-order valence-electron chi connectivity index (χ1n) is 6.90. The van der Waals surface area contributed by atoms with Crippen LogP contribution < -0.4 is 4.90 Å². The van der Waals surface area contributed by atoms with Gasteiger partial charge in [-0.3, -0.25) is 4.98 Å². The fourth-order valence-electron chi connectivity index (χ4n) is 2.85. The number of fused-ring (bicyclic) bond motifs is 1. The van der Waals surface area contributed by atoms with Crippen LogP contribution in [-0.2, 0) is 6.42 Å². The van der Waals surface area contributed by atoms with Crippen LogP contribution in [-0.4, -0.2) is 19.1 Å². The first-order chi connectivity index (χ1) is 9.45. The molecule has 0 saturated heterocycles. The summed E-state index contributed by atoms with van der Waals surface area (Å²) >= 11 is 0. The number of aryl methyl sites for hydroxylation is 3. The van der Waals surface area contributed by atoms with Gasteiger partial charge in [-0.2, -0.15) is 5.26 Å². The Morgan fingerprint density at radius 3 is 2.50 bits per heavy atom. The Balaban J connectivity index is 2.83. The summed E-state index contributed by atoms with van der Waals surface area (Å²) in [7, 11) is 4.11. The zero-order chi connectivity index (χ0) is 14.9. The average Bonchev–Trinajstić information content (AvgIpc) is 2.36. The number of nitriles is 1. The highest BCUT2D eigenvalue weighted by Gasteiger charge is 2.15. The zero-order valence-corrected chi connectivity index (χ0v) is 12.9. The van der Waals surface area contributed by atoms with E-state index in [0.717, 1.165) is 17.6 Å². The Morgan fingerprint density at radius 1 is 1.20 bits per heavy atom. The Bertz CT molecular complexity index is 694. The van der Waals surface area contributed by atoms with Crippen LogP contribution in [0.1, 0.15) is 28.8 Å². The largest absolute Gasteiger partial charge is 0.377 e. The van der Waals surface area contributed by atoms with Gasteiger partial charge in [0, 0.05) is 31.6 Å². The first kappa shape index (κ1) is 14.3. The molecule has 0 spiro atoms. The van der Waals surface area contributed by atoms with Crippen LogP contribution in [0.3, 0.4) is 0 Å². The summed E-state index contributed by atoms with van der Waals surface area (Å²) in [5.41, 5.74) is 6.94. The molecule has 3 heteroatoms. The van der Waals surface area contributed by atoms with Gasteiger partial charge in [-0.25, -0.2) is 0 Å². The topological polar surface area (TPSA) is 39.9 Å². The molecule has 0 radical (unpaired) electrons. The normalized spacial score (nSPS) is 10.6. The smallest absolute Gasteiger partial charge is 0.0755 e. The van der Waals surface area contributed by atoms with Gasteiger partial charge in [-0.1, -0.05) is 11.6 Å². The molecule has 0 aliphatic rings. The minimum Gasteiger partial charge on any atom is -0.377 e. The molecule has 0 aliphatic heterocycles. The molecule has 20 heavy (non-hydrogen) atoms. The predicted molar refractivity (Wildman–Crippen MR) is 84.2 cm³/mol. The van der Waals surface area contributed by atoms with E-state index < -0.39 is 0 Å². The van der Waals surface area contributed by atoms with Crippen molar-refractivity contribution in [3.63, 3.8) is 0 Å². The van der Waals surface area contributed by atoms with E-state index in [0.29, 0.717) is 6.42 Å². The van der Waals surface area contributed by atoms with Crippen LogP contribution >= 0.6 is 0 Å². The Labute approximate surface area is 120 Å². The van der Waals surface area contributed by atoms with E-state index in [1.165, 1.54) is 27.8 Å². The summed E-state index contributed by atoms with van der Waals surface area (Å²) in [6.07, 6.45) is 1.28. The van der Waals surface area contributed by atoms with Crippen molar-refractivity contribution in [2.75, 3.05) is 19.0 Å². The summed E-state index contributed by atoms with van der Waals surface area (Å²) in [6, 6.07) is 6.60. The molecule has 0 unspecified atom stereocenters. The van der Waals surface area contributed by atoms with E-state index in [4.69, 9.17) is 10.2 Å². The molecule has 3 nitrogen and oxygen atoms in total. The number of hydrogen-bond donors (Lipinski definition) is 0. The molecular formula is C17H21N3. The van der Waals surface area contributed by atoms with E-state index in [1.54, 1.807) is 0 Å². The third-order valence-corrected chi connectivity index (χ3v) is 3.64. The highest BCUT2D eigenvalue weighted by atomic mass is 15.1. The lowest BCUT2D eigenvalue weighted by Gasteiger charge is -2.22. The quantitative estimate of drug-likeness (QED) is 0.851. The molecule has 0 aliphatic carbocycles. The van der Waals surface area contributed by atoms with Crippen molar-refractivity contribution in [2.45, 2.75) is 33.6 Å². The van der Waals surface area contributed by atoms with Crippen LogP contribution in [0, 0.1) is 32.1 Å². The molecule has 2 rings (SSSR count). The number of pyridine rings is 1. The van der Waals surface area contributed by atoms with Gasteiger partial charge >= 0.3 is 0 Å². The van der Waals surface area contributed by atoms with Crippen molar-refractivity contribution in [3.8, 4) is 6.07 Å². The molecule has 0 bridgehead atoms. The Kier molecular flexibility index (Phi) is 3.94. The van der Waals surface area contributed by atoms with Crippen molar-refractivity contribution < 1.29 is 0 Å². The number of nitrogens with zero attached hydrogens (tertiary/aromatic N) is 3.